The lowest BCUT2D eigenvalue weighted by Gasteiger charge is -2.39. The van der Waals surface area contributed by atoms with E-state index in [0.717, 1.165) is 12.8 Å². The summed E-state index contributed by atoms with van der Waals surface area (Å²) in [4.78, 5) is 1.67. The van der Waals surface area contributed by atoms with E-state index < -0.39 is 9.84 Å². The van der Waals surface area contributed by atoms with Crippen molar-refractivity contribution in [1.82, 2.24) is 0 Å². The van der Waals surface area contributed by atoms with Gasteiger partial charge in [0.1, 0.15) is 0 Å². The summed E-state index contributed by atoms with van der Waals surface area (Å²) in [5, 5.41) is 0. The van der Waals surface area contributed by atoms with Crippen LogP contribution >= 0.6 is 11.8 Å². The van der Waals surface area contributed by atoms with Gasteiger partial charge in [0.15, 0.2) is 9.84 Å². The van der Waals surface area contributed by atoms with Crippen LogP contribution in [0, 0.1) is 5.41 Å². The van der Waals surface area contributed by atoms with E-state index in [2.05, 4.69) is 30.5 Å². The zero-order valence-electron chi connectivity index (χ0n) is 15.3. The van der Waals surface area contributed by atoms with Crippen molar-refractivity contribution >= 4 is 32.7 Å². The number of thioether (sulfide) groups is 1. The average molecular weight is 385 g/mol. The topological polar surface area (TPSA) is 34.1 Å². The summed E-state index contributed by atoms with van der Waals surface area (Å²) in [6.07, 6.45) is 9.58. The van der Waals surface area contributed by atoms with Gasteiger partial charge in [-0.25, -0.2) is 8.42 Å². The molecule has 0 amide bonds. The molecule has 2 aliphatic carbocycles. The third-order valence-corrected chi connectivity index (χ3v) is 7.82. The van der Waals surface area contributed by atoms with Crippen molar-refractivity contribution in [3.05, 3.63) is 59.7 Å². The third kappa shape index (κ3) is 3.25. The molecule has 0 saturated heterocycles. The second kappa shape index (κ2) is 6.58. The average Bonchev–Trinajstić information content (AvgIpc) is 3.03. The van der Waals surface area contributed by atoms with E-state index in [-0.39, 0.29) is 0 Å². The Morgan fingerprint density at radius 2 is 1.35 bits per heavy atom. The highest BCUT2D eigenvalue weighted by atomic mass is 32.2. The van der Waals surface area contributed by atoms with E-state index in [0.29, 0.717) is 10.3 Å². The molecule has 0 bridgehead atoms. The summed E-state index contributed by atoms with van der Waals surface area (Å²) in [6, 6.07) is 16.3. The van der Waals surface area contributed by atoms with E-state index in [1.54, 1.807) is 23.9 Å². The van der Waals surface area contributed by atoms with Gasteiger partial charge >= 0.3 is 0 Å². The standard InChI is InChI=1S/C22H24O2S2/c1-25-18-8-4-16(5-9-18)20-14-22(12-3-13-22)15-21(20)17-6-10-19(11-7-17)26(2,23)24/h4-11H,3,12-15H2,1-2H3. The first-order valence-corrected chi connectivity index (χ1v) is 12.2. The second-order valence-electron chi connectivity index (χ2n) is 7.69. The molecule has 4 heteroatoms. The maximum Gasteiger partial charge on any atom is 0.175 e. The zero-order valence-corrected chi connectivity index (χ0v) is 16.9. The van der Waals surface area contributed by atoms with Crippen molar-refractivity contribution in [1.29, 1.82) is 0 Å². The van der Waals surface area contributed by atoms with Gasteiger partial charge < -0.3 is 0 Å². The van der Waals surface area contributed by atoms with Gasteiger partial charge in [0, 0.05) is 11.2 Å². The molecule has 0 aromatic heterocycles. The van der Waals surface area contributed by atoms with Gasteiger partial charge in [-0.1, -0.05) is 30.7 Å². The predicted octanol–water partition coefficient (Wildman–Crippen LogP) is 5.69. The van der Waals surface area contributed by atoms with E-state index in [9.17, 15) is 8.42 Å². The minimum Gasteiger partial charge on any atom is -0.224 e. The number of hydrogen-bond acceptors (Lipinski definition) is 3. The zero-order chi connectivity index (χ0) is 18.4. The maximum atomic E-state index is 11.8. The highest BCUT2D eigenvalue weighted by Crippen LogP contribution is 2.59. The lowest BCUT2D eigenvalue weighted by molar-refractivity contribution is 0.157. The van der Waals surface area contributed by atoms with E-state index in [1.807, 2.05) is 12.1 Å². The Morgan fingerprint density at radius 1 is 0.846 bits per heavy atom. The molecule has 0 aliphatic heterocycles. The van der Waals surface area contributed by atoms with Gasteiger partial charge in [0.2, 0.25) is 0 Å². The molecule has 1 saturated carbocycles. The van der Waals surface area contributed by atoms with Crippen molar-refractivity contribution < 1.29 is 8.42 Å². The smallest absolute Gasteiger partial charge is 0.175 e. The lowest BCUT2D eigenvalue weighted by atomic mass is 9.66. The first-order chi connectivity index (χ1) is 12.4. The van der Waals surface area contributed by atoms with Crippen LogP contribution in [0.5, 0.6) is 0 Å². The molecule has 26 heavy (non-hydrogen) atoms. The molecular formula is C22H24O2S2. The normalized spacial score (nSPS) is 19.0. The fourth-order valence-electron chi connectivity index (χ4n) is 4.30. The summed E-state index contributed by atoms with van der Waals surface area (Å²) >= 11 is 1.76. The van der Waals surface area contributed by atoms with Gasteiger partial charge in [-0.3, -0.25) is 0 Å². The molecule has 0 radical (unpaired) electrons. The Hall–Kier alpha value is -1.52. The number of rotatable bonds is 4. The highest BCUT2D eigenvalue weighted by molar-refractivity contribution is 7.98. The Balaban J connectivity index is 1.75. The van der Waals surface area contributed by atoms with Crippen LogP contribution in [0.4, 0.5) is 0 Å². The van der Waals surface area contributed by atoms with E-state index in [1.165, 1.54) is 52.7 Å². The minimum atomic E-state index is -3.15. The third-order valence-electron chi connectivity index (χ3n) is 5.95. The van der Waals surface area contributed by atoms with Crippen LogP contribution in [0.3, 0.4) is 0 Å². The molecule has 2 aromatic rings. The molecule has 0 heterocycles. The van der Waals surface area contributed by atoms with Gasteiger partial charge in [0.05, 0.1) is 4.90 Å². The van der Waals surface area contributed by atoms with E-state index in [4.69, 9.17) is 0 Å². The number of sulfone groups is 1. The Morgan fingerprint density at radius 3 is 1.73 bits per heavy atom. The van der Waals surface area contributed by atoms with Gasteiger partial charge in [-0.15, -0.1) is 11.8 Å². The van der Waals surface area contributed by atoms with Gasteiger partial charge in [0.25, 0.3) is 0 Å². The number of benzene rings is 2. The van der Waals surface area contributed by atoms with Crippen LogP contribution < -0.4 is 0 Å². The summed E-state index contributed by atoms with van der Waals surface area (Å²) in [6.45, 7) is 0. The van der Waals surface area contributed by atoms with Crippen LogP contribution in [0.15, 0.2) is 58.3 Å². The van der Waals surface area contributed by atoms with Crippen LogP contribution in [-0.4, -0.2) is 20.9 Å². The van der Waals surface area contributed by atoms with Crippen LogP contribution in [0.1, 0.15) is 43.2 Å². The maximum absolute atomic E-state index is 11.8. The molecule has 2 aromatic carbocycles. The molecule has 2 aliphatic rings. The number of hydrogen-bond donors (Lipinski definition) is 0. The summed E-state index contributed by atoms with van der Waals surface area (Å²) in [7, 11) is -3.15. The van der Waals surface area contributed by atoms with Crippen molar-refractivity contribution in [2.45, 2.75) is 41.9 Å². The molecule has 1 fully saturated rings. The first kappa shape index (κ1) is 17.9. The first-order valence-electron chi connectivity index (χ1n) is 9.07. The Labute approximate surface area is 160 Å². The van der Waals surface area contributed by atoms with Gasteiger partial charge in [-0.05, 0) is 83.9 Å². The number of allylic oxidation sites excluding steroid dienone is 2. The summed E-state index contributed by atoms with van der Waals surface area (Å²) in [5.41, 5.74) is 5.78. The van der Waals surface area contributed by atoms with Gasteiger partial charge in [-0.2, -0.15) is 0 Å². The Bertz CT molecular complexity index is 948. The molecule has 2 nitrogen and oxygen atoms in total. The van der Waals surface area contributed by atoms with Crippen LogP contribution in [-0.2, 0) is 9.84 Å². The molecule has 0 N–H and O–H groups in total. The van der Waals surface area contributed by atoms with Crippen LogP contribution in [0.2, 0.25) is 0 Å². The van der Waals surface area contributed by atoms with Crippen molar-refractivity contribution in [3.8, 4) is 0 Å². The lowest BCUT2D eigenvalue weighted by Crippen LogP contribution is -2.26. The van der Waals surface area contributed by atoms with Crippen molar-refractivity contribution in [2.24, 2.45) is 5.41 Å². The quantitative estimate of drug-likeness (QED) is 0.635. The molecule has 0 unspecified atom stereocenters. The second-order valence-corrected chi connectivity index (χ2v) is 10.6. The van der Waals surface area contributed by atoms with Crippen molar-refractivity contribution in [2.75, 3.05) is 12.5 Å². The predicted molar refractivity (Wildman–Crippen MR) is 110 cm³/mol. The Kier molecular flexibility index (Phi) is 4.52. The van der Waals surface area contributed by atoms with Crippen LogP contribution in [0.25, 0.3) is 11.1 Å². The molecular weight excluding hydrogens is 360 g/mol. The molecule has 4 rings (SSSR count). The fourth-order valence-corrected chi connectivity index (χ4v) is 5.34. The highest BCUT2D eigenvalue weighted by Gasteiger charge is 2.43. The fraction of sp³-hybridized carbons (Fsp3) is 0.364. The molecule has 0 atom stereocenters. The monoisotopic (exact) mass is 384 g/mol. The van der Waals surface area contributed by atoms with E-state index >= 15 is 0 Å². The minimum absolute atomic E-state index is 0.393. The summed E-state index contributed by atoms with van der Waals surface area (Å²) < 4.78 is 23.5. The largest absolute Gasteiger partial charge is 0.224 e. The molecule has 1 spiro atoms. The summed E-state index contributed by atoms with van der Waals surface area (Å²) in [5.74, 6) is 0. The SMILES string of the molecule is CSc1ccc(C2=C(c3ccc(S(C)(=O)=O)cc3)CC3(CCC3)C2)cc1. The molecule has 136 valence electrons. The van der Waals surface area contributed by atoms with Crippen molar-refractivity contribution in [3.63, 3.8) is 0 Å².